The van der Waals surface area contributed by atoms with Crippen LogP contribution in [0.25, 0.3) is 0 Å². The number of aromatic nitrogens is 1. The third-order valence-corrected chi connectivity index (χ3v) is 3.73. The Bertz CT molecular complexity index is 555. The number of nitrogens with zero attached hydrogens (tertiary/aromatic N) is 2. The van der Waals surface area contributed by atoms with Gasteiger partial charge in [-0.3, -0.25) is 4.98 Å². The van der Waals surface area contributed by atoms with Gasteiger partial charge in [0, 0.05) is 12.7 Å². The van der Waals surface area contributed by atoms with Crippen LogP contribution in [-0.4, -0.2) is 21.5 Å². The summed E-state index contributed by atoms with van der Waals surface area (Å²) in [6.45, 7) is 2.92. The number of pyridine rings is 1. The molecule has 0 spiro atoms. The molecule has 3 rings (SSSR count). The highest BCUT2D eigenvalue weighted by molar-refractivity contribution is 7.80. The van der Waals surface area contributed by atoms with Crippen molar-refractivity contribution >= 4 is 17.3 Å². The van der Waals surface area contributed by atoms with Crippen molar-refractivity contribution in [1.29, 1.82) is 0 Å². The lowest BCUT2D eigenvalue weighted by molar-refractivity contribution is 0.282. The predicted molar refractivity (Wildman–Crippen MR) is 76.5 cm³/mol. The summed E-state index contributed by atoms with van der Waals surface area (Å²) in [4.78, 5) is 6.57. The molecule has 2 aromatic heterocycles. The van der Waals surface area contributed by atoms with Crippen LogP contribution in [0.15, 0.2) is 47.2 Å². The lowest BCUT2D eigenvalue weighted by atomic mass is 10.0. The van der Waals surface area contributed by atoms with E-state index in [2.05, 4.69) is 22.1 Å². The van der Waals surface area contributed by atoms with Crippen molar-refractivity contribution < 1.29 is 4.42 Å². The van der Waals surface area contributed by atoms with Crippen LogP contribution < -0.4 is 5.32 Å². The van der Waals surface area contributed by atoms with Crippen molar-refractivity contribution in [3.63, 3.8) is 0 Å². The zero-order valence-corrected chi connectivity index (χ0v) is 11.4. The highest BCUT2D eigenvalue weighted by Gasteiger charge is 2.40. The van der Waals surface area contributed by atoms with Gasteiger partial charge in [-0.25, -0.2) is 0 Å². The van der Waals surface area contributed by atoms with Gasteiger partial charge in [0.2, 0.25) is 0 Å². The highest BCUT2D eigenvalue weighted by atomic mass is 32.1. The molecule has 3 heterocycles. The van der Waals surface area contributed by atoms with Crippen LogP contribution in [0.3, 0.4) is 0 Å². The van der Waals surface area contributed by atoms with Crippen LogP contribution in [0, 0.1) is 0 Å². The Hall–Kier alpha value is -1.88. The predicted octanol–water partition coefficient (Wildman–Crippen LogP) is 2.67. The van der Waals surface area contributed by atoms with Crippen LogP contribution >= 0.6 is 12.2 Å². The van der Waals surface area contributed by atoms with Crippen LogP contribution in [-0.2, 0) is 0 Å². The fourth-order valence-corrected chi connectivity index (χ4v) is 2.88. The molecule has 0 bridgehead atoms. The van der Waals surface area contributed by atoms with Gasteiger partial charge in [-0.2, -0.15) is 0 Å². The quantitative estimate of drug-likeness (QED) is 0.871. The van der Waals surface area contributed by atoms with E-state index >= 15 is 0 Å². The monoisotopic (exact) mass is 273 g/mol. The first-order chi connectivity index (χ1) is 9.31. The maximum absolute atomic E-state index is 5.58. The smallest absolute Gasteiger partial charge is 0.170 e. The molecule has 0 aromatic carbocycles. The molecular formula is C14H15N3OS. The molecule has 0 radical (unpaired) electrons. The molecule has 1 saturated heterocycles. The van der Waals surface area contributed by atoms with E-state index in [0.717, 1.165) is 23.1 Å². The van der Waals surface area contributed by atoms with E-state index in [9.17, 15) is 0 Å². The SMILES string of the molecule is CCN1C(=S)N[C@@H](c2ccccn2)[C@@H]1c1ccco1. The molecule has 5 heteroatoms. The summed E-state index contributed by atoms with van der Waals surface area (Å²) in [7, 11) is 0. The van der Waals surface area contributed by atoms with Gasteiger partial charge in [-0.15, -0.1) is 0 Å². The molecule has 1 N–H and O–H groups in total. The molecular weight excluding hydrogens is 258 g/mol. The molecule has 0 unspecified atom stereocenters. The second-order valence-electron chi connectivity index (χ2n) is 4.43. The second-order valence-corrected chi connectivity index (χ2v) is 4.81. The van der Waals surface area contributed by atoms with Gasteiger partial charge in [0.1, 0.15) is 11.8 Å². The largest absolute Gasteiger partial charge is 0.467 e. The molecule has 19 heavy (non-hydrogen) atoms. The van der Waals surface area contributed by atoms with Crippen molar-refractivity contribution in [2.45, 2.75) is 19.0 Å². The molecule has 2 atom stereocenters. The summed E-state index contributed by atoms with van der Waals surface area (Å²) in [5, 5.41) is 4.09. The van der Waals surface area contributed by atoms with E-state index in [1.54, 1.807) is 12.5 Å². The summed E-state index contributed by atoms with van der Waals surface area (Å²) in [6.07, 6.45) is 3.49. The Labute approximate surface area is 117 Å². The molecule has 98 valence electrons. The Morgan fingerprint density at radius 2 is 2.26 bits per heavy atom. The lowest BCUT2D eigenvalue weighted by Crippen LogP contribution is -2.29. The molecule has 4 nitrogen and oxygen atoms in total. The first kappa shape index (κ1) is 12.2. The molecule has 2 aromatic rings. The third kappa shape index (κ3) is 2.10. The number of thiocarbonyl (C=S) groups is 1. The van der Waals surface area contributed by atoms with E-state index in [0.29, 0.717) is 0 Å². The summed E-state index contributed by atoms with van der Waals surface area (Å²) in [5.41, 5.74) is 0.974. The summed E-state index contributed by atoms with van der Waals surface area (Å²) >= 11 is 5.41. The highest BCUT2D eigenvalue weighted by Crippen LogP contribution is 2.38. The number of nitrogens with one attached hydrogen (secondary N) is 1. The summed E-state index contributed by atoms with van der Waals surface area (Å²) in [5.74, 6) is 0.907. The number of furan rings is 1. The van der Waals surface area contributed by atoms with Gasteiger partial charge < -0.3 is 14.6 Å². The second kappa shape index (κ2) is 5.01. The first-order valence-electron chi connectivity index (χ1n) is 6.32. The van der Waals surface area contributed by atoms with Crippen LogP contribution in [0.2, 0.25) is 0 Å². The maximum Gasteiger partial charge on any atom is 0.170 e. The zero-order valence-electron chi connectivity index (χ0n) is 10.6. The van der Waals surface area contributed by atoms with E-state index in [-0.39, 0.29) is 12.1 Å². The fraction of sp³-hybridized carbons (Fsp3) is 0.286. The van der Waals surface area contributed by atoms with Crippen molar-refractivity contribution in [2.75, 3.05) is 6.54 Å². The molecule has 1 aliphatic rings. The van der Waals surface area contributed by atoms with Gasteiger partial charge in [-0.1, -0.05) is 6.07 Å². The number of likely N-dealkylation sites (N-methyl/N-ethyl adjacent to an activating group) is 1. The van der Waals surface area contributed by atoms with Crippen LogP contribution in [0.1, 0.15) is 30.5 Å². The average molecular weight is 273 g/mol. The van der Waals surface area contributed by atoms with Crippen molar-refractivity contribution in [3.8, 4) is 0 Å². The summed E-state index contributed by atoms with van der Waals surface area (Å²) < 4.78 is 5.58. The molecule has 0 aliphatic carbocycles. The number of hydrogen-bond donors (Lipinski definition) is 1. The Morgan fingerprint density at radius 3 is 2.89 bits per heavy atom. The first-order valence-corrected chi connectivity index (χ1v) is 6.73. The minimum Gasteiger partial charge on any atom is -0.467 e. The molecule has 0 amide bonds. The van der Waals surface area contributed by atoms with Crippen LogP contribution in [0.4, 0.5) is 0 Å². The fourth-order valence-electron chi connectivity index (χ4n) is 2.51. The van der Waals surface area contributed by atoms with Crippen molar-refractivity contribution in [2.24, 2.45) is 0 Å². The van der Waals surface area contributed by atoms with Gasteiger partial charge in [-0.05, 0) is 43.4 Å². The van der Waals surface area contributed by atoms with E-state index in [1.165, 1.54) is 0 Å². The number of hydrogen-bond acceptors (Lipinski definition) is 3. The zero-order chi connectivity index (χ0) is 13.2. The number of rotatable bonds is 3. The van der Waals surface area contributed by atoms with E-state index in [4.69, 9.17) is 16.6 Å². The van der Waals surface area contributed by atoms with Gasteiger partial charge >= 0.3 is 0 Å². The Morgan fingerprint density at radius 1 is 1.37 bits per heavy atom. The van der Waals surface area contributed by atoms with E-state index in [1.807, 2.05) is 30.3 Å². The van der Waals surface area contributed by atoms with Gasteiger partial charge in [0.05, 0.1) is 18.0 Å². The van der Waals surface area contributed by atoms with Gasteiger partial charge in [0.25, 0.3) is 0 Å². The molecule has 1 aliphatic heterocycles. The minimum atomic E-state index is 0.0276. The van der Waals surface area contributed by atoms with E-state index < -0.39 is 0 Å². The topological polar surface area (TPSA) is 41.3 Å². The summed E-state index contributed by atoms with van der Waals surface area (Å²) in [6, 6.07) is 9.88. The minimum absolute atomic E-state index is 0.0276. The Balaban J connectivity index is 2.01. The van der Waals surface area contributed by atoms with Gasteiger partial charge in [0.15, 0.2) is 5.11 Å². The third-order valence-electron chi connectivity index (χ3n) is 3.37. The van der Waals surface area contributed by atoms with Crippen molar-refractivity contribution in [1.82, 2.24) is 15.2 Å². The molecule has 0 saturated carbocycles. The molecule has 1 fully saturated rings. The Kier molecular flexibility index (Phi) is 3.21. The average Bonchev–Trinajstić information content (AvgIpc) is 3.06. The standard InChI is InChI=1S/C14H15N3OS/c1-2-17-13(11-7-5-9-18-11)12(16-14(17)19)10-6-3-4-8-15-10/h3-9,12-13H,2H2,1H3,(H,16,19)/t12-,13-/m0/s1. The van der Waals surface area contributed by atoms with Crippen LogP contribution in [0.5, 0.6) is 0 Å². The maximum atomic E-state index is 5.58. The lowest BCUT2D eigenvalue weighted by Gasteiger charge is -2.24. The normalized spacial score (nSPS) is 22.6. The van der Waals surface area contributed by atoms with Crippen molar-refractivity contribution in [3.05, 3.63) is 54.2 Å².